The summed E-state index contributed by atoms with van der Waals surface area (Å²) in [6.07, 6.45) is 0.0140. The average Bonchev–Trinajstić information content (AvgIpc) is 3.30. The Morgan fingerprint density at radius 2 is 1.68 bits per heavy atom. The van der Waals surface area contributed by atoms with E-state index in [0.29, 0.717) is 23.1 Å². The molecule has 156 valence electrons. The Balaban J connectivity index is 1.37. The van der Waals surface area contributed by atoms with Gasteiger partial charge in [-0.05, 0) is 54.6 Å². The van der Waals surface area contributed by atoms with Crippen molar-refractivity contribution in [3.63, 3.8) is 0 Å². The van der Waals surface area contributed by atoms with Crippen LogP contribution >= 0.6 is 0 Å². The first kappa shape index (κ1) is 20.1. The SMILES string of the molecule is O=C(Nc1ccc(Oc2ccc(-n3cccc3)nn2)cc1)c1ccc(C(F)(F)F)nc1. The molecule has 4 rings (SSSR count). The minimum Gasteiger partial charge on any atom is -0.438 e. The molecule has 0 spiro atoms. The molecule has 7 nitrogen and oxygen atoms in total. The van der Waals surface area contributed by atoms with Gasteiger partial charge >= 0.3 is 6.18 Å². The summed E-state index contributed by atoms with van der Waals surface area (Å²) < 4.78 is 45.1. The third-order valence-corrected chi connectivity index (χ3v) is 4.15. The van der Waals surface area contributed by atoms with E-state index in [1.807, 2.05) is 24.5 Å². The lowest BCUT2D eigenvalue weighted by atomic mass is 10.2. The fourth-order valence-corrected chi connectivity index (χ4v) is 2.62. The van der Waals surface area contributed by atoms with Crippen molar-refractivity contribution < 1.29 is 22.7 Å². The number of pyridine rings is 1. The van der Waals surface area contributed by atoms with Gasteiger partial charge in [0, 0.05) is 30.3 Å². The van der Waals surface area contributed by atoms with Gasteiger partial charge in [0.25, 0.3) is 5.91 Å². The molecule has 1 aromatic carbocycles. The van der Waals surface area contributed by atoms with Gasteiger partial charge in [0.1, 0.15) is 11.4 Å². The monoisotopic (exact) mass is 425 g/mol. The molecule has 1 N–H and O–H groups in total. The normalized spacial score (nSPS) is 11.2. The summed E-state index contributed by atoms with van der Waals surface area (Å²) in [5.41, 5.74) is -0.618. The van der Waals surface area contributed by atoms with Gasteiger partial charge in [0.05, 0.1) is 5.56 Å². The van der Waals surface area contributed by atoms with Crippen LogP contribution in [0.3, 0.4) is 0 Å². The van der Waals surface area contributed by atoms with Gasteiger partial charge in [-0.1, -0.05) is 0 Å². The van der Waals surface area contributed by atoms with Crippen LogP contribution in [0.5, 0.6) is 11.6 Å². The first-order valence-corrected chi connectivity index (χ1v) is 8.98. The van der Waals surface area contributed by atoms with Gasteiger partial charge in [-0.15, -0.1) is 10.2 Å². The van der Waals surface area contributed by atoms with E-state index in [-0.39, 0.29) is 5.56 Å². The number of nitrogens with one attached hydrogen (secondary N) is 1. The Labute approximate surface area is 174 Å². The average molecular weight is 425 g/mol. The Hall–Kier alpha value is -4.21. The predicted octanol–water partition coefficient (Wildman–Crippen LogP) is 4.73. The molecule has 0 fully saturated rings. The molecule has 0 saturated heterocycles. The maximum Gasteiger partial charge on any atom is 0.433 e. The van der Waals surface area contributed by atoms with Crippen LogP contribution < -0.4 is 10.1 Å². The number of carbonyl (C=O) groups is 1. The first-order valence-electron chi connectivity index (χ1n) is 8.98. The fourth-order valence-electron chi connectivity index (χ4n) is 2.62. The second kappa shape index (κ2) is 8.27. The van der Waals surface area contributed by atoms with Gasteiger partial charge in [0.2, 0.25) is 5.88 Å². The number of nitrogens with zero attached hydrogens (tertiary/aromatic N) is 4. The quantitative estimate of drug-likeness (QED) is 0.500. The third-order valence-electron chi connectivity index (χ3n) is 4.15. The van der Waals surface area contributed by atoms with Crippen molar-refractivity contribution in [2.45, 2.75) is 6.18 Å². The van der Waals surface area contributed by atoms with Crippen LogP contribution in [0.1, 0.15) is 16.1 Å². The molecule has 0 unspecified atom stereocenters. The van der Waals surface area contributed by atoms with Crippen LogP contribution in [0.2, 0.25) is 0 Å². The van der Waals surface area contributed by atoms with E-state index in [2.05, 4.69) is 20.5 Å². The molecule has 0 aliphatic carbocycles. The standard InChI is InChI=1S/C21H14F3N5O2/c22-21(23,24)17-8-3-14(13-25-17)20(30)26-15-4-6-16(7-5-15)31-19-10-9-18(27-28-19)29-11-1-2-12-29/h1-13H,(H,26,30). The van der Waals surface area contributed by atoms with Crippen LogP contribution in [0.25, 0.3) is 5.82 Å². The topological polar surface area (TPSA) is 81.9 Å². The van der Waals surface area contributed by atoms with E-state index in [1.165, 1.54) is 0 Å². The van der Waals surface area contributed by atoms with Crippen molar-refractivity contribution in [3.8, 4) is 17.4 Å². The number of alkyl halides is 3. The summed E-state index contributed by atoms with van der Waals surface area (Å²) in [6.45, 7) is 0. The van der Waals surface area contributed by atoms with E-state index in [0.717, 1.165) is 18.3 Å². The molecule has 1 amide bonds. The first-order chi connectivity index (χ1) is 14.9. The van der Waals surface area contributed by atoms with Crippen molar-refractivity contribution >= 4 is 11.6 Å². The molecular formula is C21H14F3N5O2. The Bertz CT molecular complexity index is 1160. The number of amides is 1. The Kier molecular flexibility index (Phi) is 5.35. The molecule has 0 aliphatic heterocycles. The smallest absolute Gasteiger partial charge is 0.433 e. The molecule has 0 aliphatic rings. The van der Waals surface area contributed by atoms with Gasteiger partial charge < -0.3 is 14.6 Å². The number of halogens is 3. The van der Waals surface area contributed by atoms with Crippen molar-refractivity contribution in [1.29, 1.82) is 0 Å². The number of rotatable bonds is 5. The molecular weight excluding hydrogens is 411 g/mol. The number of ether oxygens (including phenoxy) is 1. The Morgan fingerprint density at radius 3 is 2.26 bits per heavy atom. The van der Waals surface area contributed by atoms with E-state index >= 15 is 0 Å². The third kappa shape index (κ3) is 4.86. The molecule has 0 atom stereocenters. The molecule has 4 aromatic rings. The fraction of sp³-hybridized carbons (Fsp3) is 0.0476. The number of hydrogen-bond donors (Lipinski definition) is 1. The number of benzene rings is 1. The summed E-state index contributed by atoms with van der Waals surface area (Å²) in [7, 11) is 0. The maximum absolute atomic E-state index is 12.6. The van der Waals surface area contributed by atoms with Crippen LogP contribution in [0, 0.1) is 0 Å². The zero-order valence-corrected chi connectivity index (χ0v) is 15.7. The van der Waals surface area contributed by atoms with Crippen molar-refractivity contribution in [2.24, 2.45) is 0 Å². The van der Waals surface area contributed by atoms with Crippen LogP contribution in [-0.4, -0.2) is 25.7 Å². The van der Waals surface area contributed by atoms with Gasteiger partial charge in [-0.2, -0.15) is 13.2 Å². The largest absolute Gasteiger partial charge is 0.438 e. The van der Waals surface area contributed by atoms with E-state index in [9.17, 15) is 18.0 Å². The minimum absolute atomic E-state index is 0.00591. The molecule has 10 heteroatoms. The molecule has 0 saturated carbocycles. The van der Waals surface area contributed by atoms with Crippen LogP contribution in [0.4, 0.5) is 18.9 Å². The maximum atomic E-state index is 12.6. The minimum atomic E-state index is -4.56. The summed E-state index contributed by atoms with van der Waals surface area (Å²) in [5, 5.41) is 10.7. The van der Waals surface area contributed by atoms with Crippen LogP contribution in [0.15, 0.2) is 79.3 Å². The molecule has 31 heavy (non-hydrogen) atoms. The van der Waals surface area contributed by atoms with E-state index in [4.69, 9.17) is 4.74 Å². The van der Waals surface area contributed by atoms with Gasteiger partial charge in [-0.3, -0.25) is 9.78 Å². The number of anilines is 1. The molecule has 3 heterocycles. The zero-order chi connectivity index (χ0) is 21.8. The van der Waals surface area contributed by atoms with Crippen molar-refractivity contribution in [1.82, 2.24) is 19.7 Å². The summed E-state index contributed by atoms with van der Waals surface area (Å²) in [5.74, 6) is 0.829. The number of aromatic nitrogens is 4. The van der Waals surface area contributed by atoms with Gasteiger partial charge in [0.15, 0.2) is 5.82 Å². The van der Waals surface area contributed by atoms with E-state index in [1.54, 1.807) is 41.0 Å². The number of carbonyl (C=O) groups excluding carboxylic acids is 1. The zero-order valence-electron chi connectivity index (χ0n) is 15.7. The van der Waals surface area contributed by atoms with Crippen molar-refractivity contribution in [2.75, 3.05) is 5.32 Å². The highest BCUT2D eigenvalue weighted by atomic mass is 19.4. The second-order valence-electron chi connectivity index (χ2n) is 6.33. The van der Waals surface area contributed by atoms with Gasteiger partial charge in [-0.25, -0.2) is 0 Å². The second-order valence-corrected chi connectivity index (χ2v) is 6.33. The lowest BCUT2D eigenvalue weighted by Crippen LogP contribution is -2.14. The van der Waals surface area contributed by atoms with E-state index < -0.39 is 17.8 Å². The highest BCUT2D eigenvalue weighted by Crippen LogP contribution is 2.27. The Morgan fingerprint density at radius 1 is 0.935 bits per heavy atom. The van der Waals surface area contributed by atoms with Crippen molar-refractivity contribution in [3.05, 3.63) is 90.5 Å². The highest BCUT2D eigenvalue weighted by molar-refractivity contribution is 6.04. The molecule has 0 bridgehead atoms. The lowest BCUT2D eigenvalue weighted by molar-refractivity contribution is -0.141. The number of hydrogen-bond acceptors (Lipinski definition) is 5. The molecule has 0 radical (unpaired) electrons. The summed E-state index contributed by atoms with van der Waals surface area (Å²) in [6, 6.07) is 15.4. The highest BCUT2D eigenvalue weighted by Gasteiger charge is 2.32. The predicted molar refractivity (Wildman–Crippen MR) is 105 cm³/mol. The summed E-state index contributed by atoms with van der Waals surface area (Å²) in [4.78, 5) is 15.5. The lowest BCUT2D eigenvalue weighted by Gasteiger charge is -2.09. The molecule has 3 aromatic heterocycles. The summed E-state index contributed by atoms with van der Waals surface area (Å²) >= 11 is 0. The van der Waals surface area contributed by atoms with Crippen LogP contribution in [-0.2, 0) is 6.18 Å².